The summed E-state index contributed by atoms with van der Waals surface area (Å²) in [5.41, 5.74) is 12.7. The molecular weight excluding hydrogens is 671 g/mol. The molecule has 55 heavy (non-hydrogen) atoms. The van der Waals surface area contributed by atoms with Gasteiger partial charge >= 0.3 is 0 Å². The molecule has 0 amide bonds. The van der Waals surface area contributed by atoms with E-state index in [0.717, 1.165) is 61.0 Å². The zero-order valence-electron chi connectivity index (χ0n) is 29.5. The fraction of sp³-hybridized carbons (Fsp3) is 0. The molecule has 3 aromatic heterocycles. The Morgan fingerprint density at radius 1 is 0.345 bits per heavy atom. The molecule has 0 bridgehead atoms. The molecule has 0 aliphatic rings. The van der Waals surface area contributed by atoms with Crippen molar-refractivity contribution in [3.63, 3.8) is 0 Å². The van der Waals surface area contributed by atoms with Crippen molar-refractivity contribution >= 4 is 65.4 Å². The predicted octanol–water partition coefficient (Wildman–Crippen LogP) is 12.4. The molecule has 0 fully saturated rings. The van der Waals surface area contributed by atoms with Gasteiger partial charge < -0.3 is 13.7 Å². The van der Waals surface area contributed by atoms with Crippen molar-refractivity contribution in [3.8, 4) is 40.3 Å². The van der Waals surface area contributed by atoms with Crippen molar-refractivity contribution in [2.24, 2.45) is 0 Å². The molecule has 254 valence electrons. The summed E-state index contributed by atoms with van der Waals surface area (Å²) in [5.74, 6) is 0. The predicted molar refractivity (Wildman–Crippen MR) is 224 cm³/mol. The highest BCUT2D eigenvalue weighted by atomic mass is 15.0. The van der Waals surface area contributed by atoms with Crippen LogP contribution in [0.5, 0.6) is 0 Å². The highest BCUT2D eigenvalue weighted by Crippen LogP contribution is 2.40. The number of hydrogen-bond donors (Lipinski definition) is 0. The van der Waals surface area contributed by atoms with Gasteiger partial charge in [0.2, 0.25) is 0 Å². The number of nitriles is 2. The van der Waals surface area contributed by atoms with Gasteiger partial charge in [0.25, 0.3) is 0 Å². The number of rotatable bonds is 4. The van der Waals surface area contributed by atoms with Gasteiger partial charge in [-0.3, -0.25) is 0 Å². The zero-order valence-corrected chi connectivity index (χ0v) is 29.5. The maximum Gasteiger partial charge on any atom is 0.0998 e. The van der Waals surface area contributed by atoms with Crippen LogP contribution in [-0.2, 0) is 0 Å². The summed E-state index contributed by atoms with van der Waals surface area (Å²) in [6.07, 6.45) is 0. The molecule has 5 nitrogen and oxygen atoms in total. The van der Waals surface area contributed by atoms with E-state index in [9.17, 15) is 10.5 Å². The smallest absolute Gasteiger partial charge is 0.0998 e. The van der Waals surface area contributed by atoms with Gasteiger partial charge in [-0.2, -0.15) is 10.5 Å². The summed E-state index contributed by atoms with van der Waals surface area (Å²) in [5, 5.41) is 27.1. The van der Waals surface area contributed by atoms with Crippen molar-refractivity contribution in [3.05, 3.63) is 187 Å². The Morgan fingerprint density at radius 2 is 0.818 bits per heavy atom. The van der Waals surface area contributed by atoms with Gasteiger partial charge in [-0.25, -0.2) is 0 Å². The highest BCUT2D eigenvalue weighted by molar-refractivity contribution is 6.13. The highest BCUT2D eigenvalue weighted by Gasteiger charge is 2.20. The summed E-state index contributed by atoms with van der Waals surface area (Å²) in [6.45, 7) is 0. The molecule has 0 spiro atoms. The summed E-state index contributed by atoms with van der Waals surface area (Å²) in [4.78, 5) is 0. The van der Waals surface area contributed by atoms with E-state index in [0.29, 0.717) is 11.1 Å². The fourth-order valence-electron chi connectivity index (χ4n) is 8.78. The van der Waals surface area contributed by atoms with Crippen LogP contribution in [0.2, 0.25) is 0 Å². The molecule has 0 N–H and O–H groups in total. The Labute approximate surface area is 316 Å². The maximum atomic E-state index is 10.4. The summed E-state index contributed by atoms with van der Waals surface area (Å²) in [6, 6.07) is 66.0. The van der Waals surface area contributed by atoms with Crippen molar-refractivity contribution in [2.45, 2.75) is 0 Å². The van der Waals surface area contributed by atoms with Crippen LogP contribution in [-0.4, -0.2) is 13.7 Å². The Hall–Kier alpha value is -7.86. The molecule has 11 rings (SSSR count). The summed E-state index contributed by atoms with van der Waals surface area (Å²) < 4.78 is 6.92. The molecule has 0 saturated carbocycles. The molecule has 5 heteroatoms. The molecule has 11 aromatic rings. The lowest BCUT2D eigenvalue weighted by Crippen LogP contribution is -2.00. The van der Waals surface area contributed by atoms with E-state index in [4.69, 9.17) is 0 Å². The largest absolute Gasteiger partial charge is 0.309 e. The van der Waals surface area contributed by atoms with E-state index >= 15 is 0 Å². The minimum Gasteiger partial charge on any atom is -0.309 e. The topological polar surface area (TPSA) is 62.4 Å². The summed E-state index contributed by atoms with van der Waals surface area (Å²) >= 11 is 0. The van der Waals surface area contributed by atoms with Crippen LogP contribution in [0.15, 0.2) is 176 Å². The van der Waals surface area contributed by atoms with Crippen molar-refractivity contribution in [1.82, 2.24) is 13.7 Å². The molecule has 0 aliphatic carbocycles. The lowest BCUT2D eigenvalue weighted by Gasteiger charge is -2.16. The van der Waals surface area contributed by atoms with Gasteiger partial charge in [0, 0.05) is 49.3 Å². The van der Waals surface area contributed by atoms with Gasteiger partial charge in [0.15, 0.2) is 0 Å². The minimum absolute atomic E-state index is 0.597. The third kappa shape index (κ3) is 4.45. The van der Waals surface area contributed by atoms with Gasteiger partial charge in [0.05, 0.1) is 62.1 Å². The lowest BCUT2D eigenvalue weighted by molar-refractivity contribution is 1.16. The number of fused-ring (bicyclic) bond motifs is 9. The van der Waals surface area contributed by atoms with Crippen LogP contribution in [0, 0.1) is 22.7 Å². The molecule has 3 heterocycles. The number of para-hydroxylation sites is 4. The van der Waals surface area contributed by atoms with Crippen LogP contribution in [0.3, 0.4) is 0 Å². The van der Waals surface area contributed by atoms with Crippen molar-refractivity contribution < 1.29 is 0 Å². The van der Waals surface area contributed by atoms with E-state index in [2.05, 4.69) is 159 Å². The summed E-state index contributed by atoms with van der Waals surface area (Å²) in [7, 11) is 0. The van der Waals surface area contributed by atoms with Crippen LogP contribution >= 0.6 is 0 Å². The average molecular weight is 700 g/mol. The second-order valence-corrected chi connectivity index (χ2v) is 14.0. The molecule has 0 unspecified atom stereocenters. The average Bonchev–Trinajstić information content (AvgIpc) is 3.88. The number of aromatic nitrogens is 3. The van der Waals surface area contributed by atoms with E-state index in [1.54, 1.807) is 0 Å². The maximum absolute atomic E-state index is 10.4. The van der Waals surface area contributed by atoms with E-state index in [1.165, 1.54) is 32.6 Å². The first-order valence-corrected chi connectivity index (χ1v) is 18.3. The Morgan fingerprint density at radius 3 is 1.42 bits per heavy atom. The molecule has 0 atom stereocenters. The molecule has 0 aliphatic heterocycles. The van der Waals surface area contributed by atoms with E-state index in [1.807, 2.05) is 42.5 Å². The molecular formula is C50H29N5. The SMILES string of the molecule is N#Cc1ccc2c(c1)c1ccccc1n2-c1cccc(C#N)c1-c1ccc(-n2c3ccccc3c3cc(-n4c5ccccc5c5ccccc54)ccc32)cc1. The Bertz CT molecular complexity index is 3400. The molecule has 8 aromatic carbocycles. The number of nitrogens with zero attached hydrogens (tertiary/aromatic N) is 5. The van der Waals surface area contributed by atoms with Gasteiger partial charge in [-0.15, -0.1) is 0 Å². The Balaban J connectivity index is 1.08. The van der Waals surface area contributed by atoms with Crippen LogP contribution < -0.4 is 0 Å². The number of hydrogen-bond acceptors (Lipinski definition) is 2. The molecule has 0 radical (unpaired) electrons. The quantitative estimate of drug-likeness (QED) is 0.184. The third-order valence-electron chi connectivity index (χ3n) is 11.1. The van der Waals surface area contributed by atoms with Crippen molar-refractivity contribution in [1.29, 1.82) is 10.5 Å². The van der Waals surface area contributed by atoms with Gasteiger partial charge in [-0.1, -0.05) is 91.0 Å². The second-order valence-electron chi connectivity index (χ2n) is 14.0. The first kappa shape index (κ1) is 30.7. The number of benzene rings is 8. The van der Waals surface area contributed by atoms with E-state index in [-0.39, 0.29) is 0 Å². The Kier molecular flexibility index (Phi) is 6.61. The van der Waals surface area contributed by atoms with Crippen LogP contribution in [0.1, 0.15) is 11.1 Å². The first-order chi connectivity index (χ1) is 27.2. The first-order valence-electron chi connectivity index (χ1n) is 18.3. The van der Waals surface area contributed by atoms with Gasteiger partial charge in [0.1, 0.15) is 0 Å². The molecule has 0 saturated heterocycles. The standard InChI is InChI=1S/C50H29N5/c51-30-32-20-26-48-41(28-32)39-13-4-8-18-46(39)55(48)49-19-9-10-34(31-52)50(49)33-21-23-35(24-22-33)53-45-17-7-3-14-40(45)42-29-36(25-27-47(42)53)54-43-15-5-1-11-37(43)38-12-2-6-16-44(38)54/h1-29H. The van der Waals surface area contributed by atoms with Crippen LogP contribution in [0.25, 0.3) is 93.6 Å². The van der Waals surface area contributed by atoms with Crippen LogP contribution in [0.4, 0.5) is 0 Å². The normalized spacial score (nSPS) is 11.6. The fourth-order valence-corrected chi connectivity index (χ4v) is 8.78. The van der Waals surface area contributed by atoms with Crippen molar-refractivity contribution in [2.75, 3.05) is 0 Å². The monoisotopic (exact) mass is 699 g/mol. The second kappa shape index (κ2) is 11.8. The van der Waals surface area contributed by atoms with E-state index < -0.39 is 0 Å². The lowest BCUT2D eigenvalue weighted by atomic mass is 9.97. The van der Waals surface area contributed by atoms with Gasteiger partial charge in [-0.05, 0) is 90.5 Å². The minimum atomic E-state index is 0.597. The zero-order chi connectivity index (χ0) is 36.6. The third-order valence-corrected chi connectivity index (χ3v) is 11.1.